The van der Waals surface area contributed by atoms with Crippen LogP contribution in [0, 0.1) is 12.8 Å². The molecule has 0 saturated carbocycles. The number of benzene rings is 2. The van der Waals surface area contributed by atoms with Crippen LogP contribution >= 0.6 is 0 Å². The highest BCUT2D eigenvalue weighted by Gasteiger charge is 2.23. The Bertz CT molecular complexity index is 1290. The van der Waals surface area contributed by atoms with Crippen molar-refractivity contribution < 1.29 is 4.79 Å². The number of hydrogen-bond donors (Lipinski definition) is 2. The van der Waals surface area contributed by atoms with E-state index in [0.29, 0.717) is 40.2 Å². The molecule has 31 heavy (non-hydrogen) atoms. The summed E-state index contributed by atoms with van der Waals surface area (Å²) in [6.45, 7) is 6.82. The Balaban J connectivity index is 1.83. The molecule has 4 aromatic rings. The van der Waals surface area contributed by atoms with Crippen molar-refractivity contribution >= 4 is 40.1 Å². The smallest absolute Gasteiger partial charge is 0.257 e. The van der Waals surface area contributed by atoms with Crippen LogP contribution in [0.1, 0.15) is 41.8 Å². The van der Waals surface area contributed by atoms with Crippen LogP contribution in [-0.4, -0.2) is 33.3 Å². The Morgan fingerprint density at radius 1 is 1.16 bits per heavy atom. The number of anilines is 1. The van der Waals surface area contributed by atoms with Crippen LogP contribution in [0.2, 0.25) is 0 Å². The van der Waals surface area contributed by atoms with Crippen LogP contribution in [0.3, 0.4) is 0 Å². The number of aromatic nitrogens is 3. The Morgan fingerprint density at radius 3 is 2.61 bits per heavy atom. The average molecular weight is 415 g/mol. The molecule has 0 unspecified atom stereocenters. The summed E-state index contributed by atoms with van der Waals surface area (Å²) in [7, 11) is 0. The fraction of sp³-hybridized carbons (Fsp3) is 0.250. The van der Waals surface area contributed by atoms with E-state index in [1.54, 1.807) is 6.21 Å². The number of fused-ring (bicyclic) bond motifs is 2. The number of para-hydroxylation sites is 2. The summed E-state index contributed by atoms with van der Waals surface area (Å²) in [5, 5.41) is 7.50. The molecule has 0 atom stereocenters. The van der Waals surface area contributed by atoms with Gasteiger partial charge in [0.25, 0.3) is 5.91 Å². The van der Waals surface area contributed by atoms with Crippen LogP contribution < -0.4 is 11.1 Å². The maximum Gasteiger partial charge on any atom is 0.257 e. The summed E-state index contributed by atoms with van der Waals surface area (Å²) in [6, 6.07) is 15.5. The standard InChI is InChI=1S/C24H26N6O/c1-15(2)11-12-26-24(31)20-21-23(29-19-10-5-4-9-18(19)28-21)30(22(20)25)27-14-17-8-6-7-16(3)13-17/h4-10,13-15H,11-12,25H2,1-3H3,(H,26,31)/b27-14+. The van der Waals surface area contributed by atoms with Gasteiger partial charge >= 0.3 is 0 Å². The number of nitrogen functional groups attached to an aromatic ring is 1. The SMILES string of the molecule is Cc1cccc(/C=N/n2c(N)c(C(=O)NCCC(C)C)c3nc4ccccc4nc32)c1. The van der Waals surface area contributed by atoms with Gasteiger partial charge in [0, 0.05) is 6.54 Å². The number of nitrogens with zero attached hydrogens (tertiary/aromatic N) is 4. The van der Waals surface area contributed by atoms with Crippen molar-refractivity contribution in [2.75, 3.05) is 12.3 Å². The molecule has 2 aromatic carbocycles. The third kappa shape index (κ3) is 4.26. The second-order valence-electron chi connectivity index (χ2n) is 8.05. The van der Waals surface area contributed by atoms with E-state index < -0.39 is 0 Å². The van der Waals surface area contributed by atoms with Crippen LogP contribution in [0.15, 0.2) is 53.6 Å². The summed E-state index contributed by atoms with van der Waals surface area (Å²) in [6.07, 6.45) is 2.59. The molecule has 0 fully saturated rings. The Kier molecular flexibility index (Phi) is 5.66. The first-order valence-electron chi connectivity index (χ1n) is 10.4. The number of amides is 1. The highest BCUT2D eigenvalue weighted by molar-refractivity contribution is 6.10. The lowest BCUT2D eigenvalue weighted by molar-refractivity contribution is 0.0954. The number of carbonyl (C=O) groups excluding carboxylic acids is 1. The number of carbonyl (C=O) groups is 1. The van der Waals surface area contributed by atoms with E-state index in [2.05, 4.69) is 24.3 Å². The van der Waals surface area contributed by atoms with Crippen molar-refractivity contribution in [2.45, 2.75) is 27.2 Å². The minimum atomic E-state index is -0.266. The zero-order chi connectivity index (χ0) is 22.0. The Labute approximate surface area is 181 Å². The topological polar surface area (TPSA) is 98.2 Å². The first-order valence-corrected chi connectivity index (χ1v) is 10.4. The first-order chi connectivity index (χ1) is 14.9. The predicted octanol–water partition coefficient (Wildman–Crippen LogP) is 4.13. The molecule has 0 aliphatic rings. The molecule has 158 valence electrons. The molecule has 3 N–H and O–H groups in total. The first kappa shape index (κ1) is 20.5. The molecule has 0 spiro atoms. The van der Waals surface area contributed by atoms with E-state index in [1.165, 1.54) is 4.68 Å². The fourth-order valence-corrected chi connectivity index (χ4v) is 3.43. The maximum absolute atomic E-state index is 13.0. The number of aryl methyl sites for hydroxylation is 1. The van der Waals surface area contributed by atoms with Crippen LogP contribution in [-0.2, 0) is 0 Å². The molecule has 7 heteroatoms. The maximum atomic E-state index is 13.0. The minimum Gasteiger partial charge on any atom is -0.383 e. The van der Waals surface area contributed by atoms with Crippen LogP contribution in [0.5, 0.6) is 0 Å². The molecule has 0 aliphatic heterocycles. The highest BCUT2D eigenvalue weighted by Crippen LogP contribution is 2.27. The zero-order valence-corrected chi connectivity index (χ0v) is 18.0. The van der Waals surface area contributed by atoms with Crippen molar-refractivity contribution in [1.29, 1.82) is 0 Å². The largest absolute Gasteiger partial charge is 0.383 e. The van der Waals surface area contributed by atoms with Gasteiger partial charge in [0.1, 0.15) is 16.9 Å². The second-order valence-corrected chi connectivity index (χ2v) is 8.05. The van der Waals surface area contributed by atoms with Gasteiger partial charge in [-0.15, -0.1) is 0 Å². The van der Waals surface area contributed by atoms with Gasteiger partial charge in [-0.25, -0.2) is 9.97 Å². The van der Waals surface area contributed by atoms with Crippen molar-refractivity contribution in [2.24, 2.45) is 11.0 Å². The van der Waals surface area contributed by atoms with Gasteiger partial charge in [0.05, 0.1) is 17.2 Å². The summed E-state index contributed by atoms with van der Waals surface area (Å²) in [4.78, 5) is 22.4. The third-order valence-corrected chi connectivity index (χ3v) is 5.07. The predicted molar refractivity (Wildman–Crippen MR) is 125 cm³/mol. The fourth-order valence-electron chi connectivity index (χ4n) is 3.43. The van der Waals surface area contributed by atoms with Gasteiger partial charge in [-0.3, -0.25) is 4.79 Å². The molecule has 7 nitrogen and oxygen atoms in total. The summed E-state index contributed by atoms with van der Waals surface area (Å²) < 4.78 is 1.49. The lowest BCUT2D eigenvalue weighted by Gasteiger charge is -2.07. The number of nitrogens with one attached hydrogen (secondary N) is 1. The molecular weight excluding hydrogens is 388 g/mol. The van der Waals surface area contributed by atoms with Gasteiger partial charge in [-0.1, -0.05) is 55.8 Å². The molecule has 0 aliphatic carbocycles. The molecule has 1 amide bonds. The van der Waals surface area contributed by atoms with E-state index in [0.717, 1.165) is 17.5 Å². The van der Waals surface area contributed by atoms with Gasteiger partial charge in [0.15, 0.2) is 5.65 Å². The Hall–Kier alpha value is -3.74. The van der Waals surface area contributed by atoms with Crippen LogP contribution in [0.25, 0.3) is 22.2 Å². The molecular formula is C24H26N6O. The van der Waals surface area contributed by atoms with Crippen molar-refractivity contribution in [3.05, 3.63) is 65.2 Å². The van der Waals surface area contributed by atoms with E-state index in [1.807, 2.05) is 55.5 Å². The highest BCUT2D eigenvalue weighted by atomic mass is 16.1. The second kappa shape index (κ2) is 8.55. The van der Waals surface area contributed by atoms with Crippen molar-refractivity contribution in [3.63, 3.8) is 0 Å². The number of rotatable bonds is 6. The van der Waals surface area contributed by atoms with Gasteiger partial charge < -0.3 is 11.1 Å². The van der Waals surface area contributed by atoms with E-state index in [-0.39, 0.29) is 11.7 Å². The average Bonchev–Trinajstić information content (AvgIpc) is 3.00. The molecule has 0 bridgehead atoms. The summed E-state index contributed by atoms with van der Waals surface area (Å²) in [5.74, 6) is 0.440. The molecule has 2 heterocycles. The minimum absolute atomic E-state index is 0.219. The molecule has 0 saturated heterocycles. The molecule has 4 rings (SSSR count). The third-order valence-electron chi connectivity index (χ3n) is 5.07. The summed E-state index contributed by atoms with van der Waals surface area (Å²) in [5.41, 5.74) is 11.1. The molecule has 2 aromatic heterocycles. The van der Waals surface area contributed by atoms with Crippen LogP contribution in [0.4, 0.5) is 5.82 Å². The van der Waals surface area contributed by atoms with Crippen molar-refractivity contribution in [3.8, 4) is 0 Å². The number of hydrogen-bond acceptors (Lipinski definition) is 5. The molecule has 0 radical (unpaired) electrons. The lowest BCUT2D eigenvalue weighted by atomic mass is 10.1. The van der Waals surface area contributed by atoms with E-state index >= 15 is 0 Å². The number of nitrogens with two attached hydrogens (primary N) is 1. The van der Waals surface area contributed by atoms with Gasteiger partial charge in [-0.05, 0) is 37.0 Å². The zero-order valence-electron chi connectivity index (χ0n) is 18.0. The van der Waals surface area contributed by atoms with E-state index in [9.17, 15) is 4.79 Å². The van der Waals surface area contributed by atoms with Crippen molar-refractivity contribution in [1.82, 2.24) is 20.0 Å². The summed E-state index contributed by atoms with van der Waals surface area (Å²) >= 11 is 0. The Morgan fingerprint density at radius 2 is 1.90 bits per heavy atom. The monoisotopic (exact) mass is 414 g/mol. The van der Waals surface area contributed by atoms with Gasteiger partial charge in [0.2, 0.25) is 0 Å². The quantitative estimate of drug-likeness (QED) is 0.463. The lowest BCUT2D eigenvalue weighted by Crippen LogP contribution is -2.26. The van der Waals surface area contributed by atoms with E-state index in [4.69, 9.17) is 15.7 Å². The van der Waals surface area contributed by atoms with Gasteiger partial charge in [-0.2, -0.15) is 9.78 Å². The normalized spacial score (nSPS) is 11.7.